The summed E-state index contributed by atoms with van der Waals surface area (Å²) < 4.78 is 1.48. The van der Waals surface area contributed by atoms with Crippen LogP contribution in [0.1, 0.15) is 11.5 Å². The number of nitrogen functional groups attached to an aromatic ring is 1. The molecular weight excluding hydrogens is 242 g/mol. The van der Waals surface area contributed by atoms with Crippen LogP contribution < -0.4 is 11.3 Å². The predicted molar refractivity (Wildman–Crippen MR) is 60.9 cm³/mol. The van der Waals surface area contributed by atoms with E-state index in [-0.39, 0.29) is 5.82 Å². The molecule has 0 aliphatic heterocycles. The number of anilines is 1. The van der Waals surface area contributed by atoms with E-state index in [1.54, 1.807) is 12.1 Å². The van der Waals surface area contributed by atoms with E-state index in [0.717, 1.165) is 0 Å². The van der Waals surface area contributed by atoms with Gasteiger partial charge in [-0.1, -0.05) is 11.6 Å². The number of rotatable bonds is 3. The maximum Gasteiger partial charge on any atom is 0.252 e. The van der Waals surface area contributed by atoms with Gasteiger partial charge in [0.15, 0.2) is 0 Å². The van der Waals surface area contributed by atoms with Crippen LogP contribution in [0.3, 0.4) is 0 Å². The standard InChI is InChI=1S/C9H8ClN7/c10-6-1-2-8(15-12)14-7(6)4-17-5-13-9(3-11)16-17/h1-2,5H,4,12H2,(H,14,15). The van der Waals surface area contributed by atoms with Gasteiger partial charge in [-0.15, -0.1) is 5.10 Å². The van der Waals surface area contributed by atoms with Crippen molar-refractivity contribution >= 4 is 17.4 Å². The molecule has 2 aromatic heterocycles. The molecular formula is C9H8ClN7. The Balaban J connectivity index is 2.26. The van der Waals surface area contributed by atoms with Crippen molar-refractivity contribution in [1.82, 2.24) is 19.7 Å². The lowest BCUT2D eigenvalue weighted by Gasteiger charge is -2.05. The zero-order valence-corrected chi connectivity index (χ0v) is 9.39. The molecule has 0 bridgehead atoms. The average Bonchev–Trinajstić information content (AvgIpc) is 2.80. The maximum absolute atomic E-state index is 8.60. The number of nitriles is 1. The molecule has 0 unspecified atom stereocenters. The van der Waals surface area contributed by atoms with Gasteiger partial charge in [0.05, 0.1) is 17.3 Å². The quantitative estimate of drug-likeness (QED) is 0.607. The summed E-state index contributed by atoms with van der Waals surface area (Å²) in [4.78, 5) is 7.96. The number of aromatic nitrogens is 4. The van der Waals surface area contributed by atoms with Gasteiger partial charge in [-0.05, 0) is 12.1 Å². The number of pyridine rings is 1. The summed E-state index contributed by atoms with van der Waals surface area (Å²) in [6, 6.07) is 5.18. The van der Waals surface area contributed by atoms with Crippen molar-refractivity contribution in [3.8, 4) is 6.07 Å². The Morgan fingerprint density at radius 2 is 2.35 bits per heavy atom. The summed E-state index contributed by atoms with van der Waals surface area (Å²) >= 11 is 5.99. The van der Waals surface area contributed by atoms with Crippen LogP contribution >= 0.6 is 11.6 Å². The Morgan fingerprint density at radius 3 is 3.00 bits per heavy atom. The van der Waals surface area contributed by atoms with Gasteiger partial charge in [-0.25, -0.2) is 20.5 Å². The van der Waals surface area contributed by atoms with E-state index in [4.69, 9.17) is 22.7 Å². The minimum absolute atomic E-state index is 0.106. The highest BCUT2D eigenvalue weighted by molar-refractivity contribution is 6.31. The van der Waals surface area contributed by atoms with Crippen molar-refractivity contribution < 1.29 is 0 Å². The van der Waals surface area contributed by atoms with Gasteiger partial charge in [-0.3, -0.25) is 0 Å². The van der Waals surface area contributed by atoms with Gasteiger partial charge in [0.25, 0.3) is 5.82 Å². The van der Waals surface area contributed by atoms with E-state index >= 15 is 0 Å². The highest BCUT2D eigenvalue weighted by Crippen LogP contribution is 2.16. The Labute approximate surface area is 102 Å². The Kier molecular flexibility index (Phi) is 3.18. The molecule has 86 valence electrons. The summed E-state index contributed by atoms with van der Waals surface area (Å²) in [6.07, 6.45) is 1.44. The number of halogens is 1. The lowest BCUT2D eigenvalue weighted by Crippen LogP contribution is -2.11. The molecule has 2 aromatic rings. The van der Waals surface area contributed by atoms with Gasteiger partial charge >= 0.3 is 0 Å². The lowest BCUT2D eigenvalue weighted by molar-refractivity contribution is 0.669. The number of hydrogen-bond donors (Lipinski definition) is 2. The van der Waals surface area contributed by atoms with E-state index in [1.165, 1.54) is 11.0 Å². The Bertz CT molecular complexity index is 571. The number of hydrogen-bond acceptors (Lipinski definition) is 6. The summed E-state index contributed by atoms with van der Waals surface area (Å²) in [6.45, 7) is 0.322. The molecule has 8 heteroatoms. The van der Waals surface area contributed by atoms with Gasteiger partial charge in [-0.2, -0.15) is 5.26 Å². The van der Waals surface area contributed by atoms with Crippen LogP contribution in [-0.2, 0) is 6.54 Å². The highest BCUT2D eigenvalue weighted by Gasteiger charge is 2.06. The first-order chi connectivity index (χ1) is 8.22. The predicted octanol–water partition coefficient (Wildman–Crippen LogP) is 0.532. The first-order valence-electron chi connectivity index (χ1n) is 4.64. The second-order valence-electron chi connectivity index (χ2n) is 3.15. The lowest BCUT2D eigenvalue weighted by atomic mass is 10.3. The van der Waals surface area contributed by atoms with Crippen LogP contribution in [0.25, 0.3) is 0 Å². The molecule has 3 N–H and O–H groups in total. The van der Waals surface area contributed by atoms with Crippen LogP contribution in [0, 0.1) is 11.3 Å². The minimum Gasteiger partial charge on any atom is -0.308 e. The molecule has 0 aliphatic carbocycles. The summed E-state index contributed by atoms with van der Waals surface area (Å²) in [5.74, 6) is 5.86. The monoisotopic (exact) mass is 249 g/mol. The van der Waals surface area contributed by atoms with E-state index in [9.17, 15) is 0 Å². The molecule has 2 heterocycles. The Hall–Kier alpha value is -2.17. The summed E-state index contributed by atoms with van der Waals surface area (Å²) in [5, 5.41) is 13.0. The van der Waals surface area contributed by atoms with Crippen molar-refractivity contribution in [3.63, 3.8) is 0 Å². The van der Waals surface area contributed by atoms with Crippen LogP contribution in [0.15, 0.2) is 18.5 Å². The molecule has 0 radical (unpaired) electrons. The van der Waals surface area contributed by atoms with Crippen LogP contribution in [0.2, 0.25) is 5.02 Å². The van der Waals surface area contributed by atoms with Crippen molar-refractivity contribution in [2.24, 2.45) is 5.84 Å². The number of nitrogens with two attached hydrogens (primary N) is 1. The van der Waals surface area contributed by atoms with Gasteiger partial charge in [0.2, 0.25) is 0 Å². The normalized spacial score (nSPS) is 9.94. The first kappa shape index (κ1) is 11.3. The molecule has 0 atom stereocenters. The van der Waals surface area contributed by atoms with E-state index in [1.807, 2.05) is 6.07 Å². The second kappa shape index (κ2) is 4.78. The third-order valence-corrected chi connectivity index (χ3v) is 2.36. The topological polar surface area (TPSA) is 105 Å². The van der Waals surface area contributed by atoms with Gasteiger partial charge < -0.3 is 5.43 Å². The maximum atomic E-state index is 8.60. The van der Waals surface area contributed by atoms with Crippen molar-refractivity contribution in [2.75, 3.05) is 5.43 Å². The molecule has 17 heavy (non-hydrogen) atoms. The molecule has 0 amide bonds. The molecule has 0 aromatic carbocycles. The van der Waals surface area contributed by atoms with Gasteiger partial charge in [0.1, 0.15) is 18.2 Å². The molecule has 7 nitrogen and oxygen atoms in total. The van der Waals surface area contributed by atoms with Crippen molar-refractivity contribution in [1.29, 1.82) is 5.26 Å². The van der Waals surface area contributed by atoms with E-state index in [0.29, 0.717) is 23.1 Å². The molecule has 0 spiro atoms. The minimum atomic E-state index is 0.106. The number of nitrogens with zero attached hydrogens (tertiary/aromatic N) is 5. The SMILES string of the molecule is N#Cc1ncn(Cc2nc(NN)ccc2Cl)n1. The molecule has 2 rings (SSSR count). The fourth-order valence-electron chi connectivity index (χ4n) is 1.25. The molecule has 0 fully saturated rings. The first-order valence-corrected chi connectivity index (χ1v) is 5.02. The van der Waals surface area contributed by atoms with Crippen LogP contribution in [0.5, 0.6) is 0 Å². The third-order valence-electron chi connectivity index (χ3n) is 2.01. The largest absolute Gasteiger partial charge is 0.308 e. The zero-order valence-electron chi connectivity index (χ0n) is 8.63. The number of nitrogens with one attached hydrogen (secondary N) is 1. The molecule has 0 saturated heterocycles. The van der Waals surface area contributed by atoms with Gasteiger partial charge in [0, 0.05) is 0 Å². The van der Waals surface area contributed by atoms with Crippen molar-refractivity contribution in [2.45, 2.75) is 6.54 Å². The zero-order chi connectivity index (χ0) is 12.3. The summed E-state index contributed by atoms with van der Waals surface area (Å²) in [5.41, 5.74) is 3.02. The third kappa shape index (κ3) is 2.50. The Morgan fingerprint density at radius 1 is 1.53 bits per heavy atom. The van der Waals surface area contributed by atoms with Crippen LogP contribution in [-0.4, -0.2) is 19.7 Å². The van der Waals surface area contributed by atoms with E-state index < -0.39 is 0 Å². The smallest absolute Gasteiger partial charge is 0.252 e. The second-order valence-corrected chi connectivity index (χ2v) is 3.55. The molecule has 0 aliphatic rings. The molecule has 0 saturated carbocycles. The highest BCUT2D eigenvalue weighted by atomic mass is 35.5. The van der Waals surface area contributed by atoms with E-state index in [2.05, 4.69) is 20.5 Å². The van der Waals surface area contributed by atoms with Crippen LogP contribution in [0.4, 0.5) is 5.82 Å². The average molecular weight is 250 g/mol. The summed E-state index contributed by atoms with van der Waals surface area (Å²) in [7, 11) is 0. The van der Waals surface area contributed by atoms with Crippen molar-refractivity contribution in [3.05, 3.63) is 35.0 Å². The fourth-order valence-corrected chi connectivity index (χ4v) is 1.42. The fraction of sp³-hybridized carbons (Fsp3) is 0.111. The number of hydrazine groups is 1.